The first-order valence-corrected chi connectivity index (χ1v) is 4.52. The summed E-state index contributed by atoms with van der Waals surface area (Å²) in [6, 6.07) is 1.59. The number of ether oxygens (including phenoxy) is 1. The molecular formula is C7HBrClF3N2O. The van der Waals surface area contributed by atoms with Crippen molar-refractivity contribution in [3.63, 3.8) is 0 Å². The lowest BCUT2D eigenvalue weighted by atomic mass is 10.3. The van der Waals surface area contributed by atoms with Crippen LogP contribution >= 0.6 is 27.5 Å². The molecule has 0 aliphatic carbocycles. The fraction of sp³-hybridized carbons (Fsp3) is 0.143. The van der Waals surface area contributed by atoms with Crippen LogP contribution in [-0.4, -0.2) is 11.3 Å². The van der Waals surface area contributed by atoms with Gasteiger partial charge in [-0.1, -0.05) is 11.6 Å². The quantitative estimate of drug-likeness (QED) is 0.748. The number of pyridine rings is 1. The minimum Gasteiger partial charge on any atom is -0.401 e. The van der Waals surface area contributed by atoms with Gasteiger partial charge in [0, 0.05) is 6.20 Å². The minimum atomic E-state index is -4.89. The van der Waals surface area contributed by atoms with E-state index in [4.69, 9.17) is 16.9 Å². The second-order valence-electron chi connectivity index (χ2n) is 2.27. The molecule has 0 saturated carbocycles. The zero-order valence-corrected chi connectivity index (χ0v) is 9.11. The molecule has 1 rings (SSSR count). The Labute approximate surface area is 95.6 Å². The van der Waals surface area contributed by atoms with E-state index in [-0.39, 0.29) is 10.2 Å². The average molecular weight is 301 g/mol. The highest BCUT2D eigenvalue weighted by molar-refractivity contribution is 9.10. The van der Waals surface area contributed by atoms with Crippen LogP contribution in [0.4, 0.5) is 13.2 Å². The average Bonchev–Trinajstić information content (AvgIpc) is 2.11. The van der Waals surface area contributed by atoms with Gasteiger partial charge < -0.3 is 4.74 Å². The molecule has 0 spiro atoms. The smallest absolute Gasteiger partial charge is 0.401 e. The van der Waals surface area contributed by atoms with Crippen molar-refractivity contribution >= 4 is 27.5 Å². The summed E-state index contributed by atoms with van der Waals surface area (Å²) in [6.07, 6.45) is -3.85. The van der Waals surface area contributed by atoms with E-state index in [1.54, 1.807) is 6.07 Å². The molecule has 0 aliphatic rings. The molecule has 15 heavy (non-hydrogen) atoms. The summed E-state index contributed by atoms with van der Waals surface area (Å²) in [6.45, 7) is 0. The van der Waals surface area contributed by atoms with Gasteiger partial charge in [0.1, 0.15) is 15.7 Å². The van der Waals surface area contributed by atoms with Gasteiger partial charge in [-0.2, -0.15) is 5.26 Å². The molecule has 1 heterocycles. The largest absolute Gasteiger partial charge is 0.573 e. The number of nitriles is 1. The molecule has 0 N–H and O–H groups in total. The monoisotopic (exact) mass is 300 g/mol. The fourth-order valence-electron chi connectivity index (χ4n) is 0.730. The van der Waals surface area contributed by atoms with Gasteiger partial charge in [0.2, 0.25) is 0 Å². The normalized spacial score (nSPS) is 10.9. The Hall–Kier alpha value is -1.00. The predicted molar refractivity (Wildman–Crippen MR) is 48.3 cm³/mol. The number of hydrogen-bond acceptors (Lipinski definition) is 3. The highest BCUT2D eigenvalue weighted by Crippen LogP contribution is 2.37. The number of halogens is 5. The molecule has 1 aromatic rings. The molecule has 1 aromatic heterocycles. The van der Waals surface area contributed by atoms with Gasteiger partial charge in [-0.25, -0.2) is 4.98 Å². The topological polar surface area (TPSA) is 45.9 Å². The molecule has 0 aromatic carbocycles. The molecular weight excluding hydrogens is 300 g/mol. The molecule has 3 nitrogen and oxygen atoms in total. The maximum atomic E-state index is 11.9. The maximum Gasteiger partial charge on any atom is 0.573 e. The lowest BCUT2D eigenvalue weighted by Gasteiger charge is -2.11. The van der Waals surface area contributed by atoms with Crippen LogP contribution in [0.25, 0.3) is 0 Å². The van der Waals surface area contributed by atoms with E-state index in [2.05, 4.69) is 25.7 Å². The first-order valence-electron chi connectivity index (χ1n) is 3.35. The number of rotatable bonds is 1. The van der Waals surface area contributed by atoms with Crippen molar-refractivity contribution in [1.82, 2.24) is 4.98 Å². The standard InChI is InChI=1S/C7HBrClF3N2O/c8-6-5(15-7(10,11)12)4(9)3(1-13)2-14-6/h2H. The van der Waals surface area contributed by atoms with E-state index in [1.807, 2.05) is 0 Å². The third kappa shape index (κ3) is 2.97. The zero-order chi connectivity index (χ0) is 11.6. The third-order valence-corrected chi connectivity index (χ3v) is 2.21. The van der Waals surface area contributed by atoms with Crippen LogP contribution in [0.15, 0.2) is 10.8 Å². The third-order valence-electron chi connectivity index (χ3n) is 1.27. The van der Waals surface area contributed by atoms with Crippen LogP contribution in [0, 0.1) is 11.3 Å². The Morgan fingerprint density at radius 2 is 2.13 bits per heavy atom. The predicted octanol–water partition coefficient (Wildman–Crippen LogP) is 3.27. The Morgan fingerprint density at radius 3 is 2.60 bits per heavy atom. The SMILES string of the molecule is N#Cc1cnc(Br)c(OC(F)(F)F)c1Cl. The first kappa shape index (κ1) is 12.1. The summed E-state index contributed by atoms with van der Waals surface area (Å²) in [7, 11) is 0. The molecule has 0 unspecified atom stereocenters. The minimum absolute atomic E-state index is 0.195. The van der Waals surface area contributed by atoms with E-state index in [9.17, 15) is 13.2 Å². The van der Waals surface area contributed by atoms with Gasteiger partial charge in [-0.15, -0.1) is 13.2 Å². The van der Waals surface area contributed by atoms with Gasteiger partial charge in [-0.05, 0) is 15.9 Å². The summed E-state index contributed by atoms with van der Waals surface area (Å²) in [5.41, 5.74) is -0.195. The molecule has 80 valence electrons. The van der Waals surface area contributed by atoms with Gasteiger partial charge in [-0.3, -0.25) is 0 Å². The Morgan fingerprint density at radius 1 is 1.53 bits per heavy atom. The highest BCUT2D eigenvalue weighted by Gasteiger charge is 2.34. The Balaban J connectivity index is 3.23. The van der Waals surface area contributed by atoms with Crippen LogP contribution in [0.1, 0.15) is 5.56 Å². The van der Waals surface area contributed by atoms with Crippen molar-refractivity contribution in [2.45, 2.75) is 6.36 Å². The summed E-state index contributed by atoms with van der Waals surface area (Å²) in [4.78, 5) is 3.48. The molecule has 0 fully saturated rings. The van der Waals surface area contributed by atoms with Crippen molar-refractivity contribution in [3.8, 4) is 11.8 Å². The summed E-state index contributed by atoms with van der Waals surface area (Å²) in [5, 5.41) is 8.07. The zero-order valence-electron chi connectivity index (χ0n) is 6.77. The molecule has 0 saturated heterocycles. The summed E-state index contributed by atoms with van der Waals surface area (Å²) in [5.74, 6) is -0.719. The van der Waals surface area contributed by atoms with E-state index >= 15 is 0 Å². The molecule has 0 radical (unpaired) electrons. The van der Waals surface area contributed by atoms with Crippen molar-refractivity contribution in [1.29, 1.82) is 5.26 Å². The summed E-state index contributed by atoms with van der Waals surface area (Å²) >= 11 is 8.24. The first-order chi connectivity index (χ1) is 6.85. The van der Waals surface area contributed by atoms with E-state index in [0.29, 0.717) is 0 Å². The molecule has 0 atom stereocenters. The van der Waals surface area contributed by atoms with Crippen molar-refractivity contribution < 1.29 is 17.9 Å². The van der Waals surface area contributed by atoms with Crippen LogP contribution in [-0.2, 0) is 0 Å². The van der Waals surface area contributed by atoms with Crippen molar-refractivity contribution in [3.05, 3.63) is 21.4 Å². The van der Waals surface area contributed by atoms with Gasteiger partial charge >= 0.3 is 6.36 Å². The molecule has 8 heteroatoms. The highest BCUT2D eigenvalue weighted by atomic mass is 79.9. The van der Waals surface area contributed by atoms with Crippen LogP contribution in [0.3, 0.4) is 0 Å². The number of alkyl halides is 3. The van der Waals surface area contributed by atoms with Crippen LogP contribution < -0.4 is 4.74 Å². The number of nitrogens with zero attached hydrogens (tertiary/aromatic N) is 2. The van der Waals surface area contributed by atoms with Crippen molar-refractivity contribution in [2.75, 3.05) is 0 Å². The molecule has 0 bridgehead atoms. The lowest BCUT2D eigenvalue weighted by molar-refractivity contribution is -0.275. The molecule has 0 aliphatic heterocycles. The van der Waals surface area contributed by atoms with Crippen LogP contribution in [0.5, 0.6) is 5.75 Å². The van der Waals surface area contributed by atoms with E-state index in [0.717, 1.165) is 6.20 Å². The van der Waals surface area contributed by atoms with E-state index in [1.165, 1.54) is 0 Å². The maximum absolute atomic E-state index is 11.9. The second-order valence-corrected chi connectivity index (χ2v) is 3.39. The van der Waals surface area contributed by atoms with Crippen LogP contribution in [0.2, 0.25) is 5.02 Å². The van der Waals surface area contributed by atoms with E-state index < -0.39 is 17.1 Å². The van der Waals surface area contributed by atoms with Crippen molar-refractivity contribution in [2.24, 2.45) is 0 Å². The number of hydrogen-bond donors (Lipinski definition) is 0. The van der Waals surface area contributed by atoms with Gasteiger partial charge in [0.25, 0.3) is 0 Å². The number of aromatic nitrogens is 1. The van der Waals surface area contributed by atoms with Gasteiger partial charge in [0.15, 0.2) is 5.75 Å². The van der Waals surface area contributed by atoms with Gasteiger partial charge in [0.05, 0.1) is 5.56 Å². The second kappa shape index (κ2) is 4.24. The summed E-state index contributed by atoms with van der Waals surface area (Å²) < 4.78 is 39.2. The molecule has 0 amide bonds. The Kier molecular flexibility index (Phi) is 3.42. The lowest BCUT2D eigenvalue weighted by Crippen LogP contribution is -2.18. The fourth-order valence-corrected chi connectivity index (χ4v) is 1.44. The Bertz CT molecular complexity index is 429.